The van der Waals surface area contributed by atoms with Crippen molar-refractivity contribution in [3.63, 3.8) is 0 Å². The molecule has 22 heavy (non-hydrogen) atoms. The molecule has 2 aromatic rings. The van der Waals surface area contributed by atoms with Gasteiger partial charge in [0.05, 0.1) is 6.20 Å². The van der Waals surface area contributed by atoms with Crippen molar-refractivity contribution in [3.05, 3.63) is 36.4 Å². The van der Waals surface area contributed by atoms with Crippen LogP contribution < -0.4 is 11.1 Å². The first-order valence-electron chi connectivity index (χ1n) is 7.54. The third kappa shape index (κ3) is 2.25. The minimum absolute atomic E-state index is 0.0935. The topological polar surface area (TPSA) is 84.4 Å². The molecule has 114 valence electrons. The van der Waals surface area contributed by atoms with Gasteiger partial charge >= 0.3 is 5.91 Å². The van der Waals surface area contributed by atoms with Gasteiger partial charge in [0.25, 0.3) is 5.89 Å². The van der Waals surface area contributed by atoms with Gasteiger partial charge < -0.3 is 20.4 Å². The standard InChI is InChI=1S/C16H18N4O2/c17-12-4-2-1-3-11(12)14-7-18-16(22-14)15(21)19-13-9-20-6-5-10(13)8-20/h1-4,7,10,13H,5-6,8-9,17H2,(H,19,21)/t10-,13?/m0/s1. The highest BCUT2D eigenvalue weighted by molar-refractivity contribution is 5.90. The Labute approximate surface area is 128 Å². The van der Waals surface area contributed by atoms with E-state index in [-0.39, 0.29) is 17.8 Å². The smallest absolute Gasteiger partial charge is 0.307 e. The molecule has 2 aliphatic rings. The summed E-state index contributed by atoms with van der Waals surface area (Å²) in [6, 6.07) is 7.57. The Bertz CT molecular complexity index is 712. The van der Waals surface area contributed by atoms with Gasteiger partial charge in [0.2, 0.25) is 0 Å². The highest BCUT2D eigenvalue weighted by Gasteiger charge is 2.39. The molecule has 0 radical (unpaired) electrons. The molecule has 0 spiro atoms. The maximum Gasteiger partial charge on any atom is 0.307 e. The van der Waals surface area contributed by atoms with E-state index in [0.29, 0.717) is 17.4 Å². The van der Waals surface area contributed by atoms with Crippen molar-refractivity contribution in [1.29, 1.82) is 0 Å². The van der Waals surface area contributed by atoms with E-state index >= 15 is 0 Å². The van der Waals surface area contributed by atoms with Crippen molar-refractivity contribution in [3.8, 4) is 11.3 Å². The highest BCUT2D eigenvalue weighted by atomic mass is 16.4. The van der Waals surface area contributed by atoms with Gasteiger partial charge in [-0.15, -0.1) is 0 Å². The predicted molar refractivity (Wildman–Crippen MR) is 82.2 cm³/mol. The number of carbonyl (C=O) groups is 1. The fourth-order valence-electron chi connectivity index (χ4n) is 3.40. The molecule has 1 aromatic carbocycles. The maximum absolute atomic E-state index is 12.3. The zero-order chi connectivity index (χ0) is 15.1. The van der Waals surface area contributed by atoms with Crippen LogP contribution in [0.15, 0.2) is 34.9 Å². The van der Waals surface area contributed by atoms with Crippen molar-refractivity contribution in [2.75, 3.05) is 25.4 Å². The summed E-state index contributed by atoms with van der Waals surface area (Å²) in [5.41, 5.74) is 7.27. The number of piperidine rings is 1. The van der Waals surface area contributed by atoms with Crippen molar-refractivity contribution in [2.24, 2.45) is 5.92 Å². The minimum Gasteiger partial charge on any atom is -0.432 e. The largest absolute Gasteiger partial charge is 0.432 e. The average Bonchev–Trinajstić information content (AvgIpc) is 3.24. The van der Waals surface area contributed by atoms with Crippen LogP contribution >= 0.6 is 0 Å². The van der Waals surface area contributed by atoms with Crippen LogP contribution in [0.3, 0.4) is 0 Å². The normalized spacial score (nSPS) is 26.3. The number of hydrogen-bond acceptors (Lipinski definition) is 5. The van der Waals surface area contributed by atoms with Crippen LogP contribution in [0.1, 0.15) is 17.1 Å². The second kappa shape index (κ2) is 5.14. The Morgan fingerprint density at radius 2 is 2.23 bits per heavy atom. The molecule has 6 heteroatoms. The van der Waals surface area contributed by atoms with Gasteiger partial charge in [0, 0.05) is 30.4 Å². The summed E-state index contributed by atoms with van der Waals surface area (Å²) < 4.78 is 5.59. The number of rotatable bonds is 3. The summed E-state index contributed by atoms with van der Waals surface area (Å²) in [5, 5.41) is 3.04. The van der Waals surface area contributed by atoms with Gasteiger partial charge in [-0.2, -0.15) is 0 Å². The lowest BCUT2D eigenvalue weighted by atomic mass is 10.0. The van der Waals surface area contributed by atoms with E-state index in [4.69, 9.17) is 10.2 Å². The summed E-state index contributed by atoms with van der Waals surface area (Å²) >= 11 is 0. The van der Waals surface area contributed by atoms with Gasteiger partial charge in [-0.1, -0.05) is 12.1 Å². The molecule has 6 nitrogen and oxygen atoms in total. The number of nitrogens with one attached hydrogen (secondary N) is 1. The first kappa shape index (κ1) is 13.3. The van der Waals surface area contributed by atoms with Crippen LogP contribution in [0.5, 0.6) is 0 Å². The number of anilines is 1. The van der Waals surface area contributed by atoms with Gasteiger partial charge in [-0.05, 0) is 31.0 Å². The van der Waals surface area contributed by atoms with Gasteiger partial charge in [0.15, 0.2) is 5.76 Å². The fraction of sp³-hybridized carbons (Fsp3) is 0.375. The summed E-state index contributed by atoms with van der Waals surface area (Å²) in [5.74, 6) is 0.915. The van der Waals surface area contributed by atoms with Crippen LogP contribution in [0, 0.1) is 5.92 Å². The lowest BCUT2D eigenvalue weighted by molar-refractivity contribution is 0.0890. The summed E-state index contributed by atoms with van der Waals surface area (Å²) in [6.45, 7) is 3.16. The Hall–Kier alpha value is -2.34. The molecule has 0 aliphatic carbocycles. The van der Waals surface area contributed by atoms with E-state index < -0.39 is 0 Å². The lowest BCUT2D eigenvalue weighted by Gasteiger charge is -2.22. The van der Waals surface area contributed by atoms with Crippen molar-refractivity contribution in [1.82, 2.24) is 15.2 Å². The molecule has 3 heterocycles. The van der Waals surface area contributed by atoms with E-state index in [0.717, 1.165) is 31.6 Å². The third-order valence-electron chi connectivity index (χ3n) is 4.58. The molecule has 2 fully saturated rings. The number of nitrogen functional groups attached to an aromatic ring is 1. The maximum atomic E-state index is 12.3. The summed E-state index contributed by atoms with van der Waals surface area (Å²) in [7, 11) is 0. The molecule has 2 bridgehead atoms. The zero-order valence-corrected chi connectivity index (χ0v) is 12.2. The Balaban J connectivity index is 1.49. The van der Waals surface area contributed by atoms with Crippen LogP contribution in [0.25, 0.3) is 11.3 Å². The number of carbonyl (C=O) groups excluding carboxylic acids is 1. The van der Waals surface area contributed by atoms with Crippen molar-refractivity contribution in [2.45, 2.75) is 12.5 Å². The highest BCUT2D eigenvalue weighted by Crippen LogP contribution is 2.29. The number of nitrogens with two attached hydrogens (primary N) is 1. The number of amides is 1. The monoisotopic (exact) mass is 298 g/mol. The van der Waals surface area contributed by atoms with Gasteiger partial charge in [-0.3, -0.25) is 4.79 Å². The summed E-state index contributed by atoms with van der Waals surface area (Å²) in [4.78, 5) is 18.8. The Morgan fingerprint density at radius 3 is 2.95 bits per heavy atom. The van der Waals surface area contributed by atoms with Gasteiger partial charge in [-0.25, -0.2) is 4.98 Å². The van der Waals surface area contributed by atoms with Gasteiger partial charge in [0.1, 0.15) is 0 Å². The van der Waals surface area contributed by atoms with Crippen molar-refractivity contribution < 1.29 is 9.21 Å². The second-order valence-electron chi connectivity index (χ2n) is 6.01. The molecule has 2 unspecified atom stereocenters. The molecule has 2 aliphatic heterocycles. The van der Waals surface area contributed by atoms with Crippen molar-refractivity contribution >= 4 is 11.6 Å². The number of nitrogens with zero attached hydrogens (tertiary/aromatic N) is 2. The number of para-hydroxylation sites is 1. The molecule has 1 aromatic heterocycles. The second-order valence-corrected chi connectivity index (χ2v) is 6.01. The average molecular weight is 298 g/mol. The number of hydrogen-bond donors (Lipinski definition) is 2. The molecule has 3 N–H and O–H groups in total. The van der Waals surface area contributed by atoms with Crippen LogP contribution in [-0.2, 0) is 0 Å². The molecular formula is C16H18N4O2. The van der Waals surface area contributed by atoms with E-state index in [2.05, 4.69) is 15.2 Å². The number of benzene rings is 1. The third-order valence-corrected chi connectivity index (χ3v) is 4.58. The number of oxazole rings is 1. The number of fused-ring (bicyclic) bond motifs is 2. The van der Waals surface area contributed by atoms with Crippen LogP contribution in [0.4, 0.5) is 5.69 Å². The van der Waals surface area contributed by atoms with Crippen LogP contribution in [0.2, 0.25) is 0 Å². The molecular weight excluding hydrogens is 280 g/mol. The predicted octanol–water partition coefficient (Wildman–Crippen LogP) is 1.36. The Morgan fingerprint density at radius 1 is 1.36 bits per heavy atom. The molecule has 1 amide bonds. The first-order chi connectivity index (χ1) is 10.7. The SMILES string of the molecule is Nc1ccccc1-c1cnc(C(=O)NC2CN3CC[C@H]2C3)o1. The Kier molecular flexibility index (Phi) is 3.11. The van der Waals surface area contributed by atoms with E-state index in [1.165, 1.54) is 0 Å². The molecule has 4 rings (SSSR count). The molecule has 3 atom stereocenters. The quantitative estimate of drug-likeness (QED) is 0.836. The van der Waals surface area contributed by atoms with E-state index in [1.807, 2.05) is 18.2 Å². The van der Waals surface area contributed by atoms with E-state index in [9.17, 15) is 4.79 Å². The lowest BCUT2D eigenvalue weighted by Crippen LogP contribution is -2.43. The first-order valence-corrected chi connectivity index (χ1v) is 7.54. The van der Waals surface area contributed by atoms with E-state index in [1.54, 1.807) is 12.3 Å². The molecule has 2 saturated heterocycles. The summed E-state index contributed by atoms with van der Waals surface area (Å²) in [6.07, 6.45) is 2.70. The zero-order valence-electron chi connectivity index (χ0n) is 12.2. The minimum atomic E-state index is -0.250. The fourth-order valence-corrected chi connectivity index (χ4v) is 3.40. The number of aromatic nitrogens is 1. The van der Waals surface area contributed by atoms with Crippen LogP contribution in [-0.4, -0.2) is 41.5 Å². The molecule has 0 saturated carbocycles.